The average Bonchev–Trinajstić information content (AvgIpc) is 3.17. The van der Waals surface area contributed by atoms with Crippen molar-refractivity contribution < 1.29 is 23.4 Å². The molecule has 0 bridgehead atoms. The summed E-state index contributed by atoms with van der Waals surface area (Å²) in [5, 5.41) is 6.44. The molecule has 0 radical (unpaired) electrons. The zero-order chi connectivity index (χ0) is 17.8. The third-order valence-electron chi connectivity index (χ3n) is 3.89. The van der Waals surface area contributed by atoms with Crippen molar-refractivity contribution in [2.24, 2.45) is 4.99 Å². The van der Waals surface area contributed by atoms with E-state index >= 15 is 0 Å². The Morgan fingerprint density at radius 3 is 3.00 bits per heavy atom. The number of furan rings is 1. The maximum Gasteiger partial charge on any atom is 0.303 e. The van der Waals surface area contributed by atoms with Gasteiger partial charge in [0.2, 0.25) is 23.2 Å². The van der Waals surface area contributed by atoms with Crippen LogP contribution >= 0.6 is 15.9 Å². The number of fused-ring (bicyclic) bond motifs is 2. The molecule has 25 heavy (non-hydrogen) atoms. The minimum Gasteiger partial charge on any atom is -0.458 e. The van der Waals surface area contributed by atoms with Gasteiger partial charge in [0.1, 0.15) is 10.8 Å². The molecule has 0 aromatic carbocycles. The van der Waals surface area contributed by atoms with Crippen molar-refractivity contribution in [1.29, 1.82) is 0 Å². The van der Waals surface area contributed by atoms with E-state index in [4.69, 9.17) is 18.6 Å². The molecule has 0 amide bonds. The Kier molecular flexibility index (Phi) is 3.60. The number of anilines is 1. The number of carbonyl (C=O) groups excluding carboxylic acids is 1. The van der Waals surface area contributed by atoms with Crippen LogP contribution in [0.2, 0.25) is 0 Å². The van der Waals surface area contributed by atoms with Gasteiger partial charge in [-0.15, -0.1) is 0 Å². The smallest absolute Gasteiger partial charge is 0.303 e. The van der Waals surface area contributed by atoms with Gasteiger partial charge in [0.25, 0.3) is 0 Å². The van der Waals surface area contributed by atoms with E-state index in [-0.39, 0.29) is 12.8 Å². The molecular formula is C15H17BrN4O5. The second-order valence-corrected chi connectivity index (χ2v) is 6.96. The molecule has 3 aliphatic rings. The maximum absolute atomic E-state index is 11.1. The summed E-state index contributed by atoms with van der Waals surface area (Å²) < 4.78 is 23.5. The number of esters is 1. The zero-order valence-corrected chi connectivity index (χ0v) is 15.5. The minimum absolute atomic E-state index is 0.0235. The van der Waals surface area contributed by atoms with Crippen LogP contribution in [0.5, 0.6) is 11.5 Å². The summed E-state index contributed by atoms with van der Waals surface area (Å²) >= 11 is 3.43. The molecule has 4 rings (SSSR count). The van der Waals surface area contributed by atoms with Crippen molar-refractivity contribution >= 4 is 34.1 Å². The largest absolute Gasteiger partial charge is 0.458 e. The van der Waals surface area contributed by atoms with Gasteiger partial charge in [0, 0.05) is 20.8 Å². The summed E-state index contributed by atoms with van der Waals surface area (Å²) in [4.78, 5) is 17.3. The molecule has 1 aromatic rings. The Morgan fingerprint density at radius 1 is 1.48 bits per heavy atom. The predicted molar refractivity (Wildman–Crippen MR) is 91.4 cm³/mol. The van der Waals surface area contributed by atoms with Crippen LogP contribution in [-0.4, -0.2) is 30.9 Å². The van der Waals surface area contributed by atoms with Crippen LogP contribution in [0.25, 0.3) is 0 Å². The highest BCUT2D eigenvalue weighted by molar-refractivity contribution is 9.11. The Bertz CT molecular complexity index is 800. The number of rotatable bonds is 3. The number of hydrogen-bond acceptors (Lipinski definition) is 9. The van der Waals surface area contributed by atoms with Crippen LogP contribution in [0.1, 0.15) is 26.5 Å². The molecule has 0 unspecified atom stereocenters. The normalized spacial score (nSPS) is 22.6. The molecule has 0 saturated carbocycles. The van der Waals surface area contributed by atoms with Crippen LogP contribution in [-0.2, 0) is 16.1 Å². The van der Waals surface area contributed by atoms with E-state index in [0.29, 0.717) is 29.8 Å². The first-order valence-electron chi connectivity index (χ1n) is 7.71. The molecule has 2 N–H and O–H groups in total. The summed E-state index contributed by atoms with van der Waals surface area (Å²) in [6, 6.07) is 0. The standard InChI is InChI=1S/C15H17BrN4O5/c1-7(21)22-4-8-10-11(25-15(2,3)24-10)14(23-8)20-6-19-9-12(16)17-5-18-13(9)20/h5,13,19H,4,6H2,1-3H3,(H,17,18)/t13-/m1/s1. The van der Waals surface area contributed by atoms with E-state index in [2.05, 4.69) is 31.6 Å². The molecule has 1 saturated heterocycles. The van der Waals surface area contributed by atoms with Crippen molar-refractivity contribution in [2.45, 2.75) is 39.3 Å². The number of hydrogen-bond donors (Lipinski definition) is 2. The third-order valence-corrected chi connectivity index (χ3v) is 4.53. The van der Waals surface area contributed by atoms with Crippen molar-refractivity contribution in [3.8, 4) is 11.5 Å². The third kappa shape index (κ3) is 2.70. The molecule has 9 nitrogen and oxygen atoms in total. The molecular weight excluding hydrogens is 396 g/mol. The Morgan fingerprint density at radius 2 is 2.24 bits per heavy atom. The lowest BCUT2D eigenvalue weighted by Gasteiger charge is -2.26. The second kappa shape index (κ2) is 5.58. The number of aliphatic imine (C=N–C) groups is 1. The molecule has 1 aromatic heterocycles. The summed E-state index contributed by atoms with van der Waals surface area (Å²) in [5.74, 6) is 0.643. The van der Waals surface area contributed by atoms with E-state index in [1.54, 1.807) is 6.34 Å². The molecule has 10 heteroatoms. The molecule has 0 aliphatic carbocycles. The fraction of sp³-hybridized carbons (Fsp3) is 0.467. The van der Waals surface area contributed by atoms with E-state index in [9.17, 15) is 4.79 Å². The zero-order valence-electron chi connectivity index (χ0n) is 13.9. The van der Waals surface area contributed by atoms with E-state index < -0.39 is 11.8 Å². The number of halogens is 1. The van der Waals surface area contributed by atoms with Gasteiger partial charge < -0.3 is 29.3 Å². The monoisotopic (exact) mass is 412 g/mol. The Hall–Kier alpha value is -2.36. The lowest BCUT2D eigenvalue weighted by molar-refractivity contribution is -0.142. The molecule has 1 fully saturated rings. The topological polar surface area (TPSA) is 97.6 Å². The highest BCUT2D eigenvalue weighted by Crippen LogP contribution is 2.52. The Balaban J connectivity index is 1.70. The summed E-state index contributed by atoms with van der Waals surface area (Å²) in [6.07, 6.45) is 1.43. The van der Waals surface area contributed by atoms with Crippen LogP contribution in [0.4, 0.5) is 5.88 Å². The summed E-state index contributed by atoms with van der Waals surface area (Å²) in [5.41, 5.74) is 0.896. The fourth-order valence-electron chi connectivity index (χ4n) is 2.89. The molecule has 0 spiro atoms. The predicted octanol–water partition coefficient (Wildman–Crippen LogP) is 1.74. The maximum atomic E-state index is 11.1. The first kappa shape index (κ1) is 16.1. The van der Waals surface area contributed by atoms with Gasteiger partial charge in [-0.3, -0.25) is 9.69 Å². The van der Waals surface area contributed by atoms with Crippen LogP contribution in [0, 0.1) is 0 Å². The molecule has 3 aliphatic heterocycles. The average molecular weight is 413 g/mol. The van der Waals surface area contributed by atoms with Gasteiger partial charge in [-0.2, -0.15) is 0 Å². The van der Waals surface area contributed by atoms with Crippen molar-refractivity contribution in [2.75, 3.05) is 11.6 Å². The van der Waals surface area contributed by atoms with Gasteiger partial charge in [0.05, 0.1) is 18.7 Å². The summed E-state index contributed by atoms with van der Waals surface area (Å²) in [6.45, 7) is 5.42. The lowest BCUT2D eigenvalue weighted by atomic mass is 10.3. The van der Waals surface area contributed by atoms with E-state index in [1.165, 1.54) is 6.92 Å². The number of nitrogens with one attached hydrogen (secondary N) is 2. The second-order valence-electron chi connectivity index (χ2n) is 6.21. The number of ether oxygens (including phenoxy) is 3. The van der Waals surface area contributed by atoms with Gasteiger partial charge in [0.15, 0.2) is 12.4 Å². The SMILES string of the molecule is CC(=O)OCc1oc(N2CNC3=C(Br)N=CN[C@@H]32)c2c1OC(C)(C)O2. The minimum atomic E-state index is -0.824. The van der Waals surface area contributed by atoms with Crippen LogP contribution in [0.15, 0.2) is 19.7 Å². The van der Waals surface area contributed by atoms with Crippen molar-refractivity contribution in [3.63, 3.8) is 0 Å². The fourth-order valence-corrected chi connectivity index (χ4v) is 3.35. The van der Waals surface area contributed by atoms with Crippen LogP contribution in [0.3, 0.4) is 0 Å². The lowest BCUT2D eigenvalue weighted by Crippen LogP contribution is -2.43. The summed E-state index contributed by atoms with van der Waals surface area (Å²) in [7, 11) is 0. The van der Waals surface area contributed by atoms with Gasteiger partial charge >= 0.3 is 5.97 Å². The molecule has 1 atom stereocenters. The van der Waals surface area contributed by atoms with Crippen LogP contribution < -0.4 is 25.0 Å². The quantitative estimate of drug-likeness (QED) is 0.572. The Labute approximate surface area is 152 Å². The van der Waals surface area contributed by atoms with E-state index in [0.717, 1.165) is 10.3 Å². The van der Waals surface area contributed by atoms with Gasteiger partial charge in [-0.25, -0.2) is 4.99 Å². The first-order chi connectivity index (χ1) is 11.9. The van der Waals surface area contributed by atoms with Gasteiger partial charge in [-0.05, 0) is 15.9 Å². The van der Waals surface area contributed by atoms with Gasteiger partial charge in [-0.1, -0.05) is 0 Å². The number of nitrogens with zero attached hydrogens (tertiary/aromatic N) is 2. The first-order valence-corrected chi connectivity index (χ1v) is 8.51. The van der Waals surface area contributed by atoms with Crippen molar-refractivity contribution in [1.82, 2.24) is 10.6 Å². The van der Waals surface area contributed by atoms with Crippen molar-refractivity contribution in [3.05, 3.63) is 16.1 Å². The highest BCUT2D eigenvalue weighted by atomic mass is 79.9. The highest BCUT2D eigenvalue weighted by Gasteiger charge is 2.44. The molecule has 134 valence electrons. The van der Waals surface area contributed by atoms with E-state index in [1.807, 2.05) is 18.7 Å². The number of carbonyl (C=O) groups is 1. The molecule has 4 heterocycles.